The van der Waals surface area contributed by atoms with E-state index < -0.39 is 6.17 Å². The number of methoxy groups -OCH3 is 2. The molecule has 2 heterocycles. The van der Waals surface area contributed by atoms with Crippen LogP contribution in [0.25, 0.3) is 0 Å². The summed E-state index contributed by atoms with van der Waals surface area (Å²) in [5.41, 5.74) is 4.71. The Morgan fingerprint density at radius 3 is 2.21 bits per heavy atom. The van der Waals surface area contributed by atoms with Crippen molar-refractivity contribution in [3.05, 3.63) is 76.8 Å². The Bertz CT molecular complexity index is 1350. The summed E-state index contributed by atoms with van der Waals surface area (Å²) in [6, 6.07) is 19.9. The summed E-state index contributed by atoms with van der Waals surface area (Å²) in [7, 11) is 3.23. The number of Topliss-reactive ketones (excluding diaryl/α,β-unsaturated/α-hetero) is 1. The molecule has 7 nitrogen and oxygen atoms in total. The lowest BCUT2D eigenvalue weighted by atomic mass is 10.1. The van der Waals surface area contributed by atoms with Gasteiger partial charge in [0.25, 0.3) is 0 Å². The maximum atomic E-state index is 13.0. The van der Waals surface area contributed by atoms with Gasteiger partial charge in [0.2, 0.25) is 0 Å². The van der Waals surface area contributed by atoms with Gasteiger partial charge in [-0.25, -0.2) is 5.01 Å². The molecule has 0 unspecified atom stereocenters. The third kappa shape index (κ3) is 4.90. The summed E-state index contributed by atoms with van der Waals surface area (Å²) in [4.78, 5) is 17.3. The highest BCUT2D eigenvalue weighted by atomic mass is 35.5. The van der Waals surface area contributed by atoms with Crippen LogP contribution in [-0.2, 0) is 4.79 Å². The van der Waals surface area contributed by atoms with Crippen molar-refractivity contribution in [2.24, 2.45) is 5.10 Å². The molecule has 5 rings (SSSR count). The van der Waals surface area contributed by atoms with Crippen LogP contribution in [0.4, 0.5) is 17.1 Å². The van der Waals surface area contributed by atoms with E-state index in [9.17, 15) is 4.79 Å². The Balaban J connectivity index is 1.63. The second-order valence-electron chi connectivity index (χ2n) is 9.70. The highest BCUT2D eigenvalue weighted by Crippen LogP contribution is 2.43. The van der Waals surface area contributed by atoms with Crippen LogP contribution in [0, 0.1) is 6.92 Å². The number of ketones is 1. The van der Waals surface area contributed by atoms with E-state index in [0.29, 0.717) is 22.4 Å². The average Bonchev–Trinajstić information content (AvgIpc) is 3.34. The van der Waals surface area contributed by atoms with Crippen LogP contribution in [0.2, 0.25) is 5.02 Å². The fourth-order valence-electron chi connectivity index (χ4n) is 5.17. The van der Waals surface area contributed by atoms with Crippen molar-refractivity contribution in [2.45, 2.75) is 39.3 Å². The Morgan fingerprint density at radius 2 is 1.58 bits per heavy atom. The molecule has 3 aromatic carbocycles. The molecule has 0 N–H and O–H groups in total. The normalized spacial score (nSPS) is 17.4. The lowest BCUT2D eigenvalue weighted by Gasteiger charge is -2.33. The predicted molar refractivity (Wildman–Crippen MR) is 154 cm³/mol. The first-order valence-corrected chi connectivity index (χ1v) is 13.3. The number of hydrazone groups is 1. The van der Waals surface area contributed by atoms with E-state index in [1.54, 1.807) is 21.1 Å². The summed E-state index contributed by atoms with van der Waals surface area (Å²) in [6.45, 7) is 5.58. The number of carbonyl (C=O) groups is 1. The molecular formula is C30H33ClN4O3. The molecular weight excluding hydrogens is 500 g/mol. The summed E-state index contributed by atoms with van der Waals surface area (Å²) in [5, 5.41) is 7.38. The van der Waals surface area contributed by atoms with Crippen LogP contribution >= 0.6 is 11.6 Å². The van der Waals surface area contributed by atoms with Crippen molar-refractivity contribution in [3.8, 4) is 11.5 Å². The van der Waals surface area contributed by atoms with Gasteiger partial charge in [0.15, 0.2) is 29.3 Å². The van der Waals surface area contributed by atoms with Gasteiger partial charge in [-0.2, -0.15) is 0 Å². The van der Waals surface area contributed by atoms with Crippen molar-refractivity contribution in [3.63, 3.8) is 0 Å². The van der Waals surface area contributed by atoms with Gasteiger partial charge in [0.1, 0.15) is 0 Å². The van der Waals surface area contributed by atoms with Crippen LogP contribution in [0.3, 0.4) is 0 Å². The van der Waals surface area contributed by atoms with E-state index in [0.717, 1.165) is 54.1 Å². The van der Waals surface area contributed by atoms with E-state index in [1.807, 2.05) is 71.4 Å². The number of anilines is 3. The zero-order valence-electron chi connectivity index (χ0n) is 22.3. The maximum absolute atomic E-state index is 13.0. The fourth-order valence-corrected chi connectivity index (χ4v) is 5.47. The highest BCUT2D eigenvalue weighted by Gasteiger charge is 2.40. The molecule has 38 heavy (non-hydrogen) atoms. The quantitative estimate of drug-likeness (QED) is 0.342. The third-order valence-electron chi connectivity index (χ3n) is 7.13. The molecule has 0 spiro atoms. The second kappa shape index (κ2) is 11.0. The molecule has 2 aliphatic rings. The van der Waals surface area contributed by atoms with Gasteiger partial charge >= 0.3 is 0 Å². The topological polar surface area (TPSA) is 57.6 Å². The van der Waals surface area contributed by atoms with Crippen LogP contribution in [0.5, 0.6) is 11.5 Å². The molecule has 2 aliphatic heterocycles. The summed E-state index contributed by atoms with van der Waals surface area (Å²) in [6.07, 6.45) is 3.13. The number of piperidine rings is 1. The Labute approximate surface area is 229 Å². The number of aryl methyl sites for hydroxylation is 1. The van der Waals surface area contributed by atoms with Gasteiger partial charge in [-0.05, 0) is 68.7 Å². The number of rotatable bonds is 7. The molecule has 0 amide bonds. The van der Waals surface area contributed by atoms with Crippen molar-refractivity contribution >= 4 is 40.3 Å². The van der Waals surface area contributed by atoms with Crippen LogP contribution in [0.1, 0.15) is 43.5 Å². The number of halogens is 1. The average molecular weight is 533 g/mol. The van der Waals surface area contributed by atoms with Crippen LogP contribution < -0.4 is 24.3 Å². The minimum Gasteiger partial charge on any atom is -0.493 e. The molecule has 1 saturated heterocycles. The molecule has 198 valence electrons. The molecule has 1 atom stereocenters. The van der Waals surface area contributed by atoms with Crippen molar-refractivity contribution in [2.75, 3.05) is 42.1 Å². The zero-order chi connectivity index (χ0) is 26.8. The first-order chi connectivity index (χ1) is 18.4. The Hall–Kier alpha value is -3.71. The Morgan fingerprint density at radius 1 is 0.895 bits per heavy atom. The fraction of sp³-hybridized carbons (Fsp3) is 0.333. The van der Waals surface area contributed by atoms with Gasteiger partial charge in [-0.3, -0.25) is 9.69 Å². The maximum Gasteiger partial charge on any atom is 0.198 e. The van der Waals surface area contributed by atoms with Crippen molar-refractivity contribution < 1.29 is 14.3 Å². The number of carbonyl (C=O) groups excluding carboxylic acids is 1. The standard InChI is InChI=1S/C30H33ClN4O3/c1-20-8-11-23(12-9-20)35-30(22-10-15-27(37-3)28(18-22)38-4)34(29(32-35)21(2)36)24-13-14-26(25(31)19-24)33-16-6-5-7-17-33/h8-15,18-19,30H,5-7,16-17H2,1-4H3/t30-/m1/s1. The first-order valence-electron chi connectivity index (χ1n) is 12.9. The largest absolute Gasteiger partial charge is 0.493 e. The SMILES string of the molecule is COc1ccc([C@H]2N(c3ccc(C)cc3)N=C(C(C)=O)N2c2ccc(N3CCCCC3)c(Cl)c2)cc1OC. The van der Waals surface area contributed by atoms with Gasteiger partial charge < -0.3 is 14.4 Å². The Kier molecular flexibility index (Phi) is 7.47. The number of amidine groups is 1. The molecule has 0 saturated carbocycles. The summed E-state index contributed by atoms with van der Waals surface area (Å²) >= 11 is 6.88. The summed E-state index contributed by atoms with van der Waals surface area (Å²) < 4.78 is 11.1. The first kappa shape index (κ1) is 25.9. The second-order valence-corrected chi connectivity index (χ2v) is 10.1. The molecule has 0 aromatic heterocycles. The van der Waals surface area contributed by atoms with Gasteiger partial charge in [-0.15, -0.1) is 5.10 Å². The van der Waals surface area contributed by atoms with Gasteiger partial charge in [0, 0.05) is 31.3 Å². The predicted octanol–water partition coefficient (Wildman–Crippen LogP) is 6.58. The third-order valence-corrected chi connectivity index (χ3v) is 7.43. The van der Waals surface area contributed by atoms with Crippen molar-refractivity contribution in [1.82, 2.24) is 0 Å². The molecule has 3 aromatic rings. The van der Waals surface area contributed by atoms with Crippen LogP contribution in [-0.4, -0.2) is 38.9 Å². The molecule has 0 bridgehead atoms. The lowest BCUT2D eigenvalue weighted by molar-refractivity contribution is -0.111. The minimum absolute atomic E-state index is 0.138. The van der Waals surface area contributed by atoms with E-state index in [4.69, 9.17) is 26.2 Å². The van der Waals surface area contributed by atoms with Crippen molar-refractivity contribution in [1.29, 1.82) is 0 Å². The van der Waals surface area contributed by atoms with Gasteiger partial charge in [-0.1, -0.05) is 35.4 Å². The van der Waals surface area contributed by atoms with Gasteiger partial charge in [0.05, 0.1) is 30.6 Å². The smallest absolute Gasteiger partial charge is 0.198 e. The number of hydrogen-bond acceptors (Lipinski definition) is 7. The zero-order valence-corrected chi connectivity index (χ0v) is 23.0. The van der Waals surface area contributed by atoms with E-state index in [2.05, 4.69) is 11.0 Å². The molecule has 0 radical (unpaired) electrons. The number of benzene rings is 3. The van der Waals surface area contributed by atoms with E-state index in [-0.39, 0.29) is 5.78 Å². The number of nitrogens with zero attached hydrogens (tertiary/aromatic N) is 4. The summed E-state index contributed by atoms with van der Waals surface area (Å²) in [5.74, 6) is 1.43. The number of hydrogen-bond donors (Lipinski definition) is 0. The minimum atomic E-state index is -0.451. The van der Waals surface area contributed by atoms with E-state index >= 15 is 0 Å². The number of ether oxygens (including phenoxy) is 2. The lowest BCUT2D eigenvalue weighted by Crippen LogP contribution is -2.38. The monoisotopic (exact) mass is 532 g/mol. The van der Waals surface area contributed by atoms with E-state index in [1.165, 1.54) is 6.42 Å². The van der Waals surface area contributed by atoms with Crippen LogP contribution in [0.15, 0.2) is 65.8 Å². The molecule has 1 fully saturated rings. The molecule has 0 aliphatic carbocycles. The molecule has 8 heteroatoms. The highest BCUT2D eigenvalue weighted by molar-refractivity contribution is 6.44.